The zero-order chi connectivity index (χ0) is 24.6. The molecule has 1 saturated heterocycles. The molecule has 5 rings (SSSR count). The van der Waals surface area contributed by atoms with E-state index in [1.54, 1.807) is 18.3 Å². The maximum absolute atomic E-state index is 13.2. The molecule has 0 bridgehead atoms. The third kappa shape index (κ3) is 6.12. The average Bonchev–Trinajstić information content (AvgIpc) is 3.45. The Balaban J connectivity index is 1.31. The molecule has 1 aromatic heterocycles. The first-order chi connectivity index (χ1) is 17.7. The Hall–Kier alpha value is -4.53. The Bertz CT molecular complexity index is 1310. The lowest BCUT2D eigenvalue weighted by Gasteiger charge is -2.16. The summed E-state index contributed by atoms with van der Waals surface area (Å²) in [6.07, 6.45) is 3.88. The van der Waals surface area contributed by atoms with E-state index in [9.17, 15) is 4.39 Å². The van der Waals surface area contributed by atoms with Gasteiger partial charge in [0.1, 0.15) is 18.2 Å². The molecular formula is C27H26FN7O. The van der Waals surface area contributed by atoms with Crippen molar-refractivity contribution in [2.75, 3.05) is 28.7 Å². The van der Waals surface area contributed by atoms with Gasteiger partial charge in [0.05, 0.1) is 6.21 Å². The van der Waals surface area contributed by atoms with Crippen molar-refractivity contribution in [3.63, 3.8) is 0 Å². The lowest BCUT2D eigenvalue weighted by molar-refractivity contribution is 0.305. The van der Waals surface area contributed by atoms with Gasteiger partial charge >= 0.3 is 0 Å². The van der Waals surface area contributed by atoms with Crippen LogP contribution < -0.4 is 20.4 Å². The van der Waals surface area contributed by atoms with Gasteiger partial charge < -0.3 is 15.0 Å². The van der Waals surface area contributed by atoms with Crippen molar-refractivity contribution in [3.8, 4) is 5.75 Å². The highest BCUT2D eigenvalue weighted by Gasteiger charge is 2.17. The normalized spacial score (nSPS) is 13.2. The van der Waals surface area contributed by atoms with Crippen molar-refractivity contribution < 1.29 is 9.13 Å². The molecule has 182 valence electrons. The van der Waals surface area contributed by atoms with Crippen molar-refractivity contribution in [2.45, 2.75) is 19.4 Å². The van der Waals surface area contributed by atoms with E-state index < -0.39 is 0 Å². The minimum absolute atomic E-state index is 0.272. The van der Waals surface area contributed by atoms with Crippen molar-refractivity contribution in [2.24, 2.45) is 5.10 Å². The van der Waals surface area contributed by atoms with Crippen LogP contribution in [-0.4, -0.2) is 34.3 Å². The first-order valence-corrected chi connectivity index (χ1v) is 11.8. The molecule has 2 heterocycles. The molecule has 3 aromatic carbocycles. The fourth-order valence-corrected chi connectivity index (χ4v) is 3.80. The van der Waals surface area contributed by atoms with Gasteiger partial charge in [-0.2, -0.15) is 20.1 Å². The predicted octanol–water partition coefficient (Wildman–Crippen LogP) is 5.38. The van der Waals surface area contributed by atoms with Crippen LogP contribution in [0.5, 0.6) is 5.75 Å². The second-order valence-electron chi connectivity index (χ2n) is 8.29. The third-order valence-corrected chi connectivity index (χ3v) is 5.64. The van der Waals surface area contributed by atoms with Crippen molar-refractivity contribution >= 4 is 29.7 Å². The average molecular weight is 484 g/mol. The molecule has 0 amide bonds. The number of hydrogen-bond donors (Lipinski definition) is 2. The number of para-hydroxylation sites is 2. The first kappa shape index (κ1) is 23.2. The van der Waals surface area contributed by atoms with E-state index in [0.717, 1.165) is 42.7 Å². The maximum Gasteiger partial charge on any atom is 0.250 e. The summed E-state index contributed by atoms with van der Waals surface area (Å²) in [5.41, 5.74) is 5.48. The molecule has 8 nitrogen and oxygen atoms in total. The lowest BCUT2D eigenvalue weighted by atomic mass is 10.2. The lowest BCUT2D eigenvalue weighted by Crippen LogP contribution is -2.21. The Morgan fingerprint density at radius 1 is 0.861 bits per heavy atom. The van der Waals surface area contributed by atoms with Gasteiger partial charge in [-0.1, -0.05) is 42.5 Å². The Labute approximate surface area is 208 Å². The first-order valence-electron chi connectivity index (χ1n) is 11.8. The molecule has 9 heteroatoms. The number of hydrogen-bond acceptors (Lipinski definition) is 8. The number of halogens is 1. The number of rotatable bonds is 9. The van der Waals surface area contributed by atoms with Gasteiger partial charge in [-0.05, 0) is 54.8 Å². The van der Waals surface area contributed by atoms with Gasteiger partial charge in [0.15, 0.2) is 0 Å². The van der Waals surface area contributed by atoms with Crippen LogP contribution in [0.25, 0.3) is 0 Å². The van der Waals surface area contributed by atoms with Crippen LogP contribution in [-0.2, 0) is 6.61 Å². The second-order valence-corrected chi connectivity index (χ2v) is 8.29. The van der Waals surface area contributed by atoms with Crippen LogP contribution in [0.1, 0.15) is 24.0 Å². The molecule has 36 heavy (non-hydrogen) atoms. The number of nitrogens with zero attached hydrogens (tertiary/aromatic N) is 5. The number of aromatic nitrogens is 3. The van der Waals surface area contributed by atoms with E-state index in [1.807, 2.05) is 54.6 Å². The molecule has 0 aliphatic carbocycles. The van der Waals surface area contributed by atoms with E-state index in [1.165, 1.54) is 12.1 Å². The highest BCUT2D eigenvalue weighted by molar-refractivity contribution is 5.83. The van der Waals surface area contributed by atoms with E-state index in [2.05, 4.69) is 35.7 Å². The number of benzene rings is 3. The van der Waals surface area contributed by atoms with Crippen LogP contribution >= 0.6 is 0 Å². The second kappa shape index (κ2) is 11.3. The standard InChI is InChI=1S/C27H26FN7O/c28-22-14-12-20(13-15-22)19-36-24-11-5-4-8-21(24)18-29-34-26-31-25(30-23-9-2-1-3-10-23)32-27(33-26)35-16-6-7-17-35/h1-5,8-15,18H,6-7,16-17,19H2,(H2,30,31,32,33,34)/b29-18-. The summed E-state index contributed by atoms with van der Waals surface area (Å²) >= 11 is 0. The van der Waals surface area contributed by atoms with E-state index in [-0.39, 0.29) is 5.82 Å². The van der Waals surface area contributed by atoms with Crippen molar-refractivity contribution in [3.05, 3.63) is 95.8 Å². The highest BCUT2D eigenvalue weighted by atomic mass is 19.1. The van der Waals surface area contributed by atoms with Gasteiger partial charge in [0.25, 0.3) is 0 Å². The molecule has 4 aromatic rings. The molecular weight excluding hydrogens is 457 g/mol. The van der Waals surface area contributed by atoms with Gasteiger partial charge in [0, 0.05) is 24.3 Å². The summed E-state index contributed by atoms with van der Waals surface area (Å²) in [6.45, 7) is 2.15. The molecule has 2 N–H and O–H groups in total. The fraction of sp³-hybridized carbons (Fsp3) is 0.185. The molecule has 1 aliphatic heterocycles. The summed E-state index contributed by atoms with van der Waals surface area (Å²) < 4.78 is 19.1. The third-order valence-electron chi connectivity index (χ3n) is 5.64. The van der Waals surface area contributed by atoms with E-state index in [4.69, 9.17) is 4.74 Å². The van der Waals surface area contributed by atoms with E-state index in [0.29, 0.717) is 30.2 Å². The van der Waals surface area contributed by atoms with Gasteiger partial charge in [-0.15, -0.1) is 0 Å². The van der Waals surface area contributed by atoms with E-state index >= 15 is 0 Å². The largest absolute Gasteiger partial charge is 0.488 e. The molecule has 0 radical (unpaired) electrons. The molecule has 0 saturated carbocycles. The SMILES string of the molecule is Fc1ccc(COc2ccccc2/C=N\Nc2nc(Nc3ccccc3)nc(N3CCCC3)n2)cc1. The molecule has 0 unspecified atom stereocenters. The zero-order valence-corrected chi connectivity index (χ0v) is 19.6. The highest BCUT2D eigenvalue weighted by Crippen LogP contribution is 2.21. The zero-order valence-electron chi connectivity index (χ0n) is 19.6. The number of anilines is 4. The summed E-state index contributed by atoms with van der Waals surface area (Å²) in [5, 5.41) is 7.59. The topological polar surface area (TPSA) is 87.6 Å². The number of ether oxygens (including phenoxy) is 1. The van der Waals surface area contributed by atoms with Crippen LogP contribution in [0.3, 0.4) is 0 Å². The summed E-state index contributed by atoms with van der Waals surface area (Å²) in [4.78, 5) is 15.8. The maximum atomic E-state index is 13.2. The Morgan fingerprint density at radius 3 is 2.39 bits per heavy atom. The molecule has 1 fully saturated rings. The smallest absolute Gasteiger partial charge is 0.250 e. The van der Waals surface area contributed by atoms with Crippen LogP contribution in [0.4, 0.5) is 27.9 Å². The fourth-order valence-electron chi connectivity index (χ4n) is 3.80. The predicted molar refractivity (Wildman–Crippen MR) is 139 cm³/mol. The molecule has 0 spiro atoms. The Morgan fingerprint density at radius 2 is 1.58 bits per heavy atom. The monoisotopic (exact) mass is 483 g/mol. The summed E-state index contributed by atoms with van der Waals surface area (Å²) in [7, 11) is 0. The van der Waals surface area contributed by atoms with Gasteiger partial charge in [0.2, 0.25) is 17.8 Å². The van der Waals surface area contributed by atoms with Crippen molar-refractivity contribution in [1.82, 2.24) is 15.0 Å². The number of nitrogens with one attached hydrogen (secondary N) is 2. The summed E-state index contributed by atoms with van der Waals surface area (Å²) in [6, 6.07) is 23.6. The van der Waals surface area contributed by atoms with Crippen LogP contribution in [0.15, 0.2) is 84.0 Å². The quantitative estimate of drug-likeness (QED) is 0.244. The summed E-state index contributed by atoms with van der Waals surface area (Å²) in [5.74, 6) is 1.78. The minimum atomic E-state index is -0.272. The number of hydrazone groups is 1. The molecule has 0 atom stereocenters. The minimum Gasteiger partial charge on any atom is -0.488 e. The van der Waals surface area contributed by atoms with Crippen molar-refractivity contribution in [1.29, 1.82) is 0 Å². The van der Waals surface area contributed by atoms with Crippen LogP contribution in [0.2, 0.25) is 0 Å². The Kier molecular flexibility index (Phi) is 7.27. The van der Waals surface area contributed by atoms with Gasteiger partial charge in [-0.25, -0.2) is 9.82 Å². The molecule has 1 aliphatic rings. The van der Waals surface area contributed by atoms with Crippen LogP contribution in [0, 0.1) is 5.82 Å². The van der Waals surface area contributed by atoms with Gasteiger partial charge in [-0.3, -0.25) is 0 Å².